The van der Waals surface area contributed by atoms with Gasteiger partial charge in [0.15, 0.2) is 4.77 Å². The van der Waals surface area contributed by atoms with Gasteiger partial charge in [0, 0.05) is 13.0 Å². The molecule has 0 aliphatic heterocycles. The Morgan fingerprint density at radius 3 is 2.61 bits per heavy atom. The van der Waals surface area contributed by atoms with Crippen molar-refractivity contribution in [1.82, 2.24) is 15.0 Å². The van der Waals surface area contributed by atoms with E-state index < -0.39 is 0 Å². The van der Waals surface area contributed by atoms with Crippen molar-refractivity contribution in [1.29, 1.82) is 0 Å². The minimum Gasteiger partial charge on any atom is -0.332 e. The number of unbranched alkanes of at least 4 members (excludes halogenated alkanes) is 2. The summed E-state index contributed by atoms with van der Waals surface area (Å²) in [6.45, 7) is 0.876. The number of para-hydroxylation sites is 1. The van der Waals surface area contributed by atoms with Crippen LogP contribution in [-0.4, -0.2) is 15.5 Å². The predicted octanol–water partition coefficient (Wildman–Crippen LogP) is 3.87. The molecule has 0 aliphatic rings. The number of rotatable bonds is 9. The highest BCUT2D eigenvalue weighted by Gasteiger charge is 2.06. The number of benzene rings is 2. The Kier molecular flexibility index (Phi) is 7.11. The van der Waals surface area contributed by atoms with E-state index in [4.69, 9.17) is 17.1 Å². The number of aromatic amines is 1. The van der Waals surface area contributed by atoms with Gasteiger partial charge in [-0.05, 0) is 42.8 Å². The second kappa shape index (κ2) is 9.96. The lowest BCUT2D eigenvalue weighted by Gasteiger charge is -2.08. The normalized spacial score (nSPS) is 10.9. The smallest absolute Gasteiger partial charge is 0.262 e. The van der Waals surface area contributed by atoms with Crippen LogP contribution in [-0.2, 0) is 22.8 Å². The van der Waals surface area contributed by atoms with Crippen LogP contribution >= 0.6 is 12.2 Å². The van der Waals surface area contributed by atoms with E-state index in [0.717, 1.165) is 30.3 Å². The minimum absolute atomic E-state index is 0.0774. The summed E-state index contributed by atoms with van der Waals surface area (Å²) in [6.07, 6.45) is 2.70. The maximum Gasteiger partial charge on any atom is 0.262 e. The van der Waals surface area contributed by atoms with E-state index in [2.05, 4.69) is 10.5 Å². The van der Waals surface area contributed by atoms with Crippen molar-refractivity contribution in [2.45, 2.75) is 38.8 Å². The van der Waals surface area contributed by atoms with Gasteiger partial charge >= 0.3 is 0 Å². The van der Waals surface area contributed by atoms with E-state index in [1.807, 2.05) is 48.5 Å². The van der Waals surface area contributed by atoms with Crippen molar-refractivity contribution in [3.05, 3.63) is 75.3 Å². The molecule has 0 aliphatic carbocycles. The van der Waals surface area contributed by atoms with Crippen molar-refractivity contribution in [3.8, 4) is 0 Å². The molecule has 146 valence electrons. The molecule has 28 heavy (non-hydrogen) atoms. The molecule has 1 heterocycles. The van der Waals surface area contributed by atoms with Crippen LogP contribution in [0.1, 0.15) is 31.2 Å². The van der Waals surface area contributed by atoms with Crippen molar-refractivity contribution >= 4 is 29.0 Å². The fourth-order valence-corrected chi connectivity index (χ4v) is 3.24. The average Bonchev–Trinajstić information content (AvgIpc) is 2.71. The fraction of sp³-hybridized carbons (Fsp3) is 0.286. The van der Waals surface area contributed by atoms with Gasteiger partial charge in [-0.25, -0.2) is 5.48 Å². The van der Waals surface area contributed by atoms with Gasteiger partial charge in [0.05, 0.1) is 17.5 Å². The molecule has 1 aromatic heterocycles. The number of nitrogens with zero attached hydrogens (tertiary/aromatic N) is 1. The van der Waals surface area contributed by atoms with E-state index in [0.29, 0.717) is 29.7 Å². The van der Waals surface area contributed by atoms with E-state index >= 15 is 0 Å². The first-order chi connectivity index (χ1) is 13.6. The Hall–Kier alpha value is -2.77. The maximum atomic E-state index is 12.6. The zero-order valence-electron chi connectivity index (χ0n) is 15.5. The average molecular weight is 398 g/mol. The van der Waals surface area contributed by atoms with Crippen LogP contribution in [0.5, 0.6) is 0 Å². The number of amides is 1. The molecule has 2 N–H and O–H groups in total. The third kappa shape index (κ3) is 5.37. The molecule has 0 fully saturated rings. The summed E-state index contributed by atoms with van der Waals surface area (Å²) in [7, 11) is 0. The fourth-order valence-electron chi connectivity index (χ4n) is 2.96. The number of carbonyl (C=O) groups excluding carboxylic acids is 1. The van der Waals surface area contributed by atoms with Crippen molar-refractivity contribution < 1.29 is 9.63 Å². The number of fused-ring (bicyclic) bond motifs is 1. The van der Waals surface area contributed by atoms with Crippen molar-refractivity contribution in [2.75, 3.05) is 0 Å². The number of hydrogen-bond acceptors (Lipinski definition) is 4. The second-order valence-corrected chi connectivity index (χ2v) is 6.93. The quantitative estimate of drug-likeness (QED) is 0.326. The molecule has 3 rings (SSSR count). The van der Waals surface area contributed by atoms with Gasteiger partial charge in [-0.1, -0.05) is 48.9 Å². The predicted molar refractivity (Wildman–Crippen MR) is 111 cm³/mol. The topological polar surface area (TPSA) is 76.1 Å². The molecule has 0 unspecified atom stereocenters. The summed E-state index contributed by atoms with van der Waals surface area (Å²) in [6, 6.07) is 17.0. The van der Waals surface area contributed by atoms with E-state index in [1.165, 1.54) is 0 Å². The first-order valence-electron chi connectivity index (χ1n) is 9.31. The maximum absolute atomic E-state index is 12.6. The van der Waals surface area contributed by atoms with Crippen LogP contribution < -0.4 is 11.0 Å². The van der Waals surface area contributed by atoms with Gasteiger partial charge in [-0.15, -0.1) is 0 Å². The van der Waals surface area contributed by atoms with Crippen molar-refractivity contribution in [2.24, 2.45) is 0 Å². The molecule has 0 bridgehead atoms. The Bertz CT molecular complexity index is 1040. The zero-order chi connectivity index (χ0) is 19.8. The number of carbonyl (C=O) groups is 1. The number of hydroxylamine groups is 1. The monoisotopic (exact) mass is 397 g/mol. The first-order valence-corrected chi connectivity index (χ1v) is 9.72. The largest absolute Gasteiger partial charge is 0.332 e. The Labute approximate surface area is 168 Å². The highest BCUT2D eigenvalue weighted by Crippen LogP contribution is 2.08. The summed E-state index contributed by atoms with van der Waals surface area (Å²) in [5, 5.41) is 0.631. The molecule has 0 radical (unpaired) electrons. The van der Waals surface area contributed by atoms with Gasteiger partial charge in [-0.2, -0.15) is 0 Å². The number of aromatic nitrogens is 2. The highest BCUT2D eigenvalue weighted by molar-refractivity contribution is 7.71. The summed E-state index contributed by atoms with van der Waals surface area (Å²) < 4.78 is 2.01. The van der Waals surface area contributed by atoms with Gasteiger partial charge in [-0.3, -0.25) is 19.0 Å². The van der Waals surface area contributed by atoms with E-state index in [9.17, 15) is 9.59 Å². The van der Waals surface area contributed by atoms with Gasteiger partial charge < -0.3 is 4.98 Å². The minimum atomic E-state index is -0.143. The highest BCUT2D eigenvalue weighted by atomic mass is 32.1. The number of hydrogen-bond donors (Lipinski definition) is 2. The number of nitrogens with one attached hydrogen (secondary N) is 2. The molecule has 7 heteroatoms. The van der Waals surface area contributed by atoms with Crippen LogP contribution in [0.4, 0.5) is 0 Å². The molecule has 1 amide bonds. The zero-order valence-corrected chi connectivity index (χ0v) is 16.3. The van der Waals surface area contributed by atoms with Crippen LogP contribution in [0.15, 0.2) is 59.4 Å². The van der Waals surface area contributed by atoms with Gasteiger partial charge in [0.1, 0.15) is 0 Å². The molecule has 0 saturated carbocycles. The SMILES string of the molecule is O=C(CCCCCn1c(=S)[nH]c2ccccc2c1=O)NOCc1ccccc1. The molecular formula is C21H23N3O3S. The number of H-pyrrole nitrogens is 1. The lowest BCUT2D eigenvalue weighted by molar-refractivity contribution is -0.134. The van der Waals surface area contributed by atoms with Crippen LogP contribution in [0, 0.1) is 4.77 Å². The van der Waals surface area contributed by atoms with Gasteiger partial charge in [0.2, 0.25) is 5.91 Å². The summed E-state index contributed by atoms with van der Waals surface area (Å²) in [4.78, 5) is 32.7. The molecule has 2 aromatic carbocycles. The van der Waals surface area contributed by atoms with E-state index in [-0.39, 0.29) is 11.5 Å². The van der Waals surface area contributed by atoms with Crippen molar-refractivity contribution in [3.63, 3.8) is 0 Å². The standard InChI is InChI=1S/C21H23N3O3S/c25-19(23-27-15-16-9-3-1-4-10-16)13-5-2-8-14-24-20(26)17-11-6-7-12-18(17)22-21(24)28/h1,3-4,6-7,9-12H,2,5,8,13-15H2,(H,22,28)(H,23,25). The summed E-state index contributed by atoms with van der Waals surface area (Å²) >= 11 is 5.30. The molecule has 0 saturated heterocycles. The summed E-state index contributed by atoms with van der Waals surface area (Å²) in [5.74, 6) is -0.143. The third-order valence-corrected chi connectivity index (χ3v) is 4.77. The van der Waals surface area contributed by atoms with Crippen LogP contribution in [0.3, 0.4) is 0 Å². The summed E-state index contributed by atoms with van der Waals surface area (Å²) in [5.41, 5.74) is 4.14. The Morgan fingerprint density at radius 2 is 1.79 bits per heavy atom. The van der Waals surface area contributed by atoms with Crippen LogP contribution in [0.2, 0.25) is 0 Å². The molecule has 0 spiro atoms. The van der Waals surface area contributed by atoms with E-state index in [1.54, 1.807) is 10.6 Å². The van der Waals surface area contributed by atoms with Gasteiger partial charge in [0.25, 0.3) is 5.56 Å². The van der Waals surface area contributed by atoms with Crippen LogP contribution in [0.25, 0.3) is 10.9 Å². The molecule has 0 atom stereocenters. The molecular weight excluding hydrogens is 374 g/mol. The lowest BCUT2D eigenvalue weighted by atomic mass is 10.2. The molecule has 3 aromatic rings. The molecule has 6 nitrogen and oxygen atoms in total. The Balaban J connectivity index is 1.39. The first kappa shape index (κ1) is 20.0. The third-order valence-electron chi connectivity index (χ3n) is 4.44. The lowest BCUT2D eigenvalue weighted by Crippen LogP contribution is -2.23. The Morgan fingerprint density at radius 1 is 1.04 bits per heavy atom. The second-order valence-electron chi connectivity index (χ2n) is 6.54.